The van der Waals surface area contributed by atoms with Crippen molar-refractivity contribution in [2.24, 2.45) is 38.9 Å². The molecule has 0 radical (unpaired) electrons. The first-order chi connectivity index (χ1) is 20.2. The Balaban J connectivity index is 1.74. The molecule has 1 aliphatic carbocycles. The average molecular weight is 595 g/mol. The maximum atomic E-state index is 14.3. The summed E-state index contributed by atoms with van der Waals surface area (Å²) >= 11 is 0. The predicted molar refractivity (Wildman–Crippen MR) is 165 cm³/mol. The number of nitrogens with zero attached hydrogens (tertiary/aromatic N) is 3. The molecule has 1 fully saturated rings. The summed E-state index contributed by atoms with van der Waals surface area (Å²) in [5, 5.41) is 6.04. The van der Waals surface area contributed by atoms with Crippen LogP contribution in [0.3, 0.4) is 0 Å². The maximum absolute atomic E-state index is 14.3. The van der Waals surface area contributed by atoms with E-state index in [1.807, 2.05) is 17.0 Å². The molecule has 2 aliphatic rings. The molecule has 1 saturated carbocycles. The Morgan fingerprint density at radius 1 is 1.09 bits per heavy atom. The van der Waals surface area contributed by atoms with Gasteiger partial charge in [0.25, 0.3) is 11.8 Å². The van der Waals surface area contributed by atoms with Crippen LogP contribution in [-0.4, -0.2) is 40.5 Å². The second kappa shape index (κ2) is 12.8. The topological polar surface area (TPSA) is 126 Å². The number of carbonyl (C=O) groups is 2. The number of carbonyl (C=O) groups excluding carboxylic acids is 2. The minimum Gasteiger partial charge on any atom is -0.384 e. The SMILES string of the molecule is CC(C)CCC(c1ccc(C(=O)NCC(N)=NN)cc1)N1C(=O)C(c2cc(F)cc(F)c2)=NC12CCC(C(C)(C)C)CC2. The Morgan fingerprint density at radius 3 is 2.23 bits per heavy atom. The molecular weight excluding hydrogens is 550 g/mol. The van der Waals surface area contributed by atoms with Gasteiger partial charge in [0.15, 0.2) is 0 Å². The van der Waals surface area contributed by atoms with Gasteiger partial charge in [-0.1, -0.05) is 46.8 Å². The highest BCUT2D eigenvalue weighted by Gasteiger charge is 2.52. The van der Waals surface area contributed by atoms with E-state index in [1.54, 1.807) is 12.1 Å². The van der Waals surface area contributed by atoms with Crippen molar-refractivity contribution < 1.29 is 18.4 Å². The fourth-order valence-corrected chi connectivity index (χ4v) is 6.33. The average Bonchev–Trinajstić information content (AvgIpc) is 3.22. The van der Waals surface area contributed by atoms with Crippen molar-refractivity contribution in [2.45, 2.75) is 84.8 Å². The number of hydrogen-bond donors (Lipinski definition) is 3. The number of hydrogen-bond acceptors (Lipinski definition) is 5. The first-order valence-corrected chi connectivity index (χ1v) is 15.0. The Hall–Kier alpha value is -3.82. The number of nitrogens with one attached hydrogen (secondary N) is 1. The van der Waals surface area contributed by atoms with Gasteiger partial charge in [0.1, 0.15) is 28.8 Å². The summed E-state index contributed by atoms with van der Waals surface area (Å²) in [6.07, 6.45) is 4.59. The van der Waals surface area contributed by atoms with Crippen molar-refractivity contribution in [3.8, 4) is 0 Å². The maximum Gasteiger partial charge on any atom is 0.275 e. The van der Waals surface area contributed by atoms with E-state index >= 15 is 0 Å². The summed E-state index contributed by atoms with van der Waals surface area (Å²) < 4.78 is 28.6. The Morgan fingerprint density at radius 2 is 1.70 bits per heavy atom. The highest BCUT2D eigenvalue weighted by atomic mass is 19.1. The van der Waals surface area contributed by atoms with Gasteiger partial charge in [-0.15, -0.1) is 0 Å². The molecule has 4 rings (SSSR count). The summed E-state index contributed by atoms with van der Waals surface area (Å²) in [6.45, 7) is 11.0. The van der Waals surface area contributed by atoms with E-state index in [-0.39, 0.29) is 46.9 Å². The molecule has 8 nitrogen and oxygen atoms in total. The van der Waals surface area contributed by atoms with E-state index in [2.05, 4.69) is 45.0 Å². The minimum absolute atomic E-state index is 0.0231. The van der Waals surface area contributed by atoms with Crippen LogP contribution in [-0.2, 0) is 4.79 Å². The lowest BCUT2D eigenvalue weighted by Crippen LogP contribution is -2.51. The van der Waals surface area contributed by atoms with Crippen molar-refractivity contribution in [1.82, 2.24) is 10.2 Å². The third kappa shape index (κ3) is 7.22. The van der Waals surface area contributed by atoms with Crippen LogP contribution >= 0.6 is 0 Å². The number of amidine groups is 1. The second-order valence-corrected chi connectivity index (χ2v) is 13.3. The molecule has 10 heteroatoms. The molecule has 2 aromatic rings. The molecule has 0 bridgehead atoms. The molecule has 1 spiro atoms. The standard InChI is InChI=1S/C33H44F2N6O2/c1-20(2)6-11-27(21-7-9-22(10-8-21)30(42)38-19-28(36)40-37)41-31(43)29(23-16-25(34)18-26(35)17-23)39-33(41)14-12-24(13-15-33)32(3,4)5/h7-10,16-18,20,24,27H,6,11-15,19,37H2,1-5H3,(H2,36,40)(H,38,42). The molecule has 1 unspecified atom stereocenters. The highest BCUT2D eigenvalue weighted by molar-refractivity contribution is 6.46. The summed E-state index contributed by atoms with van der Waals surface area (Å²) in [5.74, 6) is 3.94. The first-order valence-electron chi connectivity index (χ1n) is 15.0. The van der Waals surface area contributed by atoms with Gasteiger partial charge in [-0.05, 0) is 85.6 Å². The first kappa shape index (κ1) is 32.1. The number of aliphatic imine (C=N–C) groups is 1. The van der Waals surface area contributed by atoms with Gasteiger partial charge in [0.2, 0.25) is 0 Å². The molecule has 2 amide bonds. The summed E-state index contributed by atoms with van der Waals surface area (Å²) in [6, 6.07) is 9.97. The predicted octanol–water partition coefficient (Wildman–Crippen LogP) is 5.67. The zero-order valence-corrected chi connectivity index (χ0v) is 25.8. The molecule has 43 heavy (non-hydrogen) atoms. The lowest BCUT2D eigenvalue weighted by Gasteiger charge is -2.47. The number of amides is 2. The van der Waals surface area contributed by atoms with Crippen LogP contribution in [0.1, 0.15) is 101 Å². The number of rotatable bonds is 9. The Kier molecular flexibility index (Phi) is 9.57. The molecule has 2 aromatic carbocycles. The fraction of sp³-hybridized carbons (Fsp3) is 0.515. The van der Waals surface area contributed by atoms with Crippen LogP contribution in [0.25, 0.3) is 0 Å². The van der Waals surface area contributed by atoms with Gasteiger partial charge < -0.3 is 21.8 Å². The van der Waals surface area contributed by atoms with E-state index in [9.17, 15) is 18.4 Å². The van der Waals surface area contributed by atoms with Gasteiger partial charge in [0.05, 0.1) is 12.6 Å². The van der Waals surface area contributed by atoms with E-state index in [0.717, 1.165) is 30.9 Å². The number of nitrogens with two attached hydrogens (primary N) is 2. The van der Waals surface area contributed by atoms with E-state index in [1.165, 1.54) is 12.1 Å². The van der Waals surface area contributed by atoms with Gasteiger partial charge in [0, 0.05) is 17.2 Å². The molecule has 5 N–H and O–H groups in total. The normalized spacial score (nSPS) is 21.8. The fourth-order valence-electron chi connectivity index (χ4n) is 6.33. The lowest BCUT2D eigenvalue weighted by atomic mass is 9.69. The zero-order valence-electron chi connectivity index (χ0n) is 25.8. The molecule has 1 atom stereocenters. The summed E-state index contributed by atoms with van der Waals surface area (Å²) in [4.78, 5) is 33.9. The highest BCUT2D eigenvalue weighted by Crippen LogP contribution is 2.50. The van der Waals surface area contributed by atoms with Crippen LogP contribution in [0.5, 0.6) is 0 Å². The monoisotopic (exact) mass is 594 g/mol. The van der Waals surface area contributed by atoms with Crippen LogP contribution in [0.2, 0.25) is 0 Å². The van der Waals surface area contributed by atoms with Crippen molar-refractivity contribution in [3.63, 3.8) is 0 Å². The number of hydrazone groups is 1. The Bertz CT molecular complexity index is 1370. The summed E-state index contributed by atoms with van der Waals surface area (Å²) in [5.41, 5.74) is 6.42. The number of halogens is 2. The smallest absolute Gasteiger partial charge is 0.275 e. The largest absolute Gasteiger partial charge is 0.384 e. The van der Waals surface area contributed by atoms with Crippen molar-refractivity contribution >= 4 is 23.4 Å². The number of benzene rings is 2. The van der Waals surface area contributed by atoms with Gasteiger partial charge in [-0.2, -0.15) is 5.10 Å². The molecule has 232 valence electrons. The molecule has 0 saturated heterocycles. The van der Waals surface area contributed by atoms with Crippen LogP contribution in [0.15, 0.2) is 52.6 Å². The van der Waals surface area contributed by atoms with Gasteiger partial charge >= 0.3 is 0 Å². The molecule has 1 aliphatic heterocycles. The zero-order chi connectivity index (χ0) is 31.5. The quantitative estimate of drug-likeness (QED) is 0.150. The van der Waals surface area contributed by atoms with Crippen LogP contribution in [0, 0.1) is 28.9 Å². The van der Waals surface area contributed by atoms with E-state index in [0.29, 0.717) is 36.7 Å². The van der Waals surface area contributed by atoms with Crippen molar-refractivity contribution in [2.75, 3.05) is 6.54 Å². The third-order valence-electron chi connectivity index (χ3n) is 8.82. The Labute approximate surface area is 253 Å². The minimum atomic E-state index is -0.826. The van der Waals surface area contributed by atoms with Crippen LogP contribution < -0.4 is 16.9 Å². The van der Waals surface area contributed by atoms with E-state index < -0.39 is 17.3 Å². The molecular formula is C33H44F2N6O2. The second-order valence-electron chi connectivity index (χ2n) is 13.3. The summed E-state index contributed by atoms with van der Waals surface area (Å²) in [7, 11) is 0. The van der Waals surface area contributed by atoms with E-state index in [4.69, 9.17) is 16.6 Å². The third-order valence-corrected chi connectivity index (χ3v) is 8.82. The van der Waals surface area contributed by atoms with Gasteiger partial charge in [-0.25, -0.2) is 8.78 Å². The van der Waals surface area contributed by atoms with Crippen LogP contribution in [0.4, 0.5) is 8.78 Å². The molecule has 1 heterocycles. The van der Waals surface area contributed by atoms with Crippen molar-refractivity contribution in [1.29, 1.82) is 0 Å². The molecule has 0 aromatic heterocycles. The lowest BCUT2D eigenvalue weighted by molar-refractivity contribution is -0.133. The van der Waals surface area contributed by atoms with Crippen molar-refractivity contribution in [3.05, 3.63) is 70.8 Å². The van der Waals surface area contributed by atoms with Gasteiger partial charge in [-0.3, -0.25) is 14.6 Å².